The van der Waals surface area contributed by atoms with E-state index in [4.69, 9.17) is 4.52 Å². The number of rotatable bonds is 4. The van der Waals surface area contributed by atoms with Crippen LogP contribution in [0.5, 0.6) is 0 Å². The molecule has 150 valence electrons. The largest absolute Gasteiger partial charge is 0.367 e. The first-order valence-electron chi connectivity index (χ1n) is 9.51. The van der Waals surface area contributed by atoms with Crippen LogP contribution in [0.15, 0.2) is 51.8 Å². The van der Waals surface area contributed by atoms with Crippen molar-refractivity contribution in [2.75, 3.05) is 18.0 Å². The van der Waals surface area contributed by atoms with E-state index in [1.807, 2.05) is 0 Å². The van der Waals surface area contributed by atoms with E-state index in [1.165, 1.54) is 28.6 Å². The number of benzene rings is 1. The number of aryl methyl sites for hydroxylation is 1. The molecule has 2 aliphatic rings. The monoisotopic (exact) mass is 405 g/mol. The van der Waals surface area contributed by atoms with Crippen LogP contribution in [0.1, 0.15) is 11.7 Å². The quantitative estimate of drug-likeness (QED) is 0.509. The maximum absolute atomic E-state index is 13.1. The van der Waals surface area contributed by atoms with Crippen molar-refractivity contribution in [2.24, 2.45) is 13.0 Å². The summed E-state index contributed by atoms with van der Waals surface area (Å²) in [5.41, 5.74) is 4.02. The standard InChI is InChI=1S/C20H16FN7O2/c1-26-9-22-19-17(26)20(29)28(10-23-19)8-15-24-18(25-30-15)16-13-6-27(7-14(13)16)12-4-2-11(21)3-5-12/h2-5,9-10,13H,6-8H2,1H3/t13-/m1/s1. The van der Waals surface area contributed by atoms with Crippen LogP contribution in [0.2, 0.25) is 0 Å². The van der Waals surface area contributed by atoms with Gasteiger partial charge in [0.15, 0.2) is 17.0 Å². The van der Waals surface area contributed by atoms with Crippen LogP contribution in [0.25, 0.3) is 16.7 Å². The number of hydrogen-bond acceptors (Lipinski definition) is 7. The number of halogens is 1. The molecule has 0 N–H and O–H groups in total. The Morgan fingerprint density at radius 3 is 2.77 bits per heavy atom. The molecule has 1 aromatic carbocycles. The molecule has 4 heterocycles. The topological polar surface area (TPSA) is 94.9 Å². The van der Waals surface area contributed by atoms with Gasteiger partial charge in [-0.05, 0) is 29.8 Å². The highest BCUT2D eigenvalue weighted by Crippen LogP contribution is 2.51. The van der Waals surface area contributed by atoms with E-state index in [9.17, 15) is 9.18 Å². The molecule has 6 rings (SSSR count). The molecule has 0 radical (unpaired) electrons. The molecule has 9 nitrogen and oxygen atoms in total. The van der Waals surface area contributed by atoms with Crippen LogP contribution in [-0.4, -0.2) is 42.3 Å². The van der Waals surface area contributed by atoms with E-state index in [0.29, 0.717) is 28.8 Å². The zero-order valence-corrected chi connectivity index (χ0v) is 16.0. The summed E-state index contributed by atoms with van der Waals surface area (Å²) in [7, 11) is 1.75. The Labute approximate surface area is 169 Å². The van der Waals surface area contributed by atoms with E-state index in [0.717, 1.165) is 24.4 Å². The predicted molar refractivity (Wildman–Crippen MR) is 105 cm³/mol. The summed E-state index contributed by atoms with van der Waals surface area (Å²) >= 11 is 0. The van der Waals surface area contributed by atoms with Crippen molar-refractivity contribution in [1.29, 1.82) is 0 Å². The van der Waals surface area contributed by atoms with Gasteiger partial charge in [0.2, 0.25) is 5.89 Å². The van der Waals surface area contributed by atoms with Gasteiger partial charge in [-0.3, -0.25) is 9.36 Å². The first-order valence-corrected chi connectivity index (χ1v) is 9.51. The molecule has 0 spiro atoms. The van der Waals surface area contributed by atoms with Gasteiger partial charge in [-0.2, -0.15) is 4.98 Å². The lowest BCUT2D eigenvalue weighted by Crippen LogP contribution is -2.22. The molecule has 0 bridgehead atoms. The second-order valence-corrected chi connectivity index (χ2v) is 7.57. The molecular weight excluding hydrogens is 389 g/mol. The molecule has 1 aliphatic carbocycles. The number of aromatic nitrogens is 6. The molecule has 0 unspecified atom stereocenters. The van der Waals surface area contributed by atoms with Crippen LogP contribution < -0.4 is 10.5 Å². The third-order valence-electron chi connectivity index (χ3n) is 5.70. The maximum Gasteiger partial charge on any atom is 0.280 e. The predicted octanol–water partition coefficient (Wildman–Crippen LogP) is 1.60. The molecule has 0 amide bonds. The number of anilines is 1. The minimum Gasteiger partial charge on any atom is -0.367 e. The fraction of sp³-hybridized carbons (Fsp3) is 0.250. The van der Waals surface area contributed by atoms with Gasteiger partial charge in [-0.1, -0.05) is 5.16 Å². The van der Waals surface area contributed by atoms with Crippen LogP contribution in [0.3, 0.4) is 0 Å². The third kappa shape index (κ3) is 2.56. The van der Waals surface area contributed by atoms with Gasteiger partial charge in [0.25, 0.3) is 5.56 Å². The van der Waals surface area contributed by atoms with Crippen molar-refractivity contribution in [3.05, 3.63) is 70.4 Å². The van der Waals surface area contributed by atoms with Crippen molar-refractivity contribution >= 4 is 22.4 Å². The van der Waals surface area contributed by atoms with Crippen LogP contribution in [-0.2, 0) is 13.6 Å². The molecular formula is C20H16FN7O2. The van der Waals surface area contributed by atoms with E-state index in [1.54, 1.807) is 30.1 Å². The Morgan fingerprint density at radius 2 is 2.00 bits per heavy atom. The molecule has 10 heteroatoms. The molecule has 1 atom stereocenters. The highest BCUT2D eigenvalue weighted by molar-refractivity contribution is 5.86. The lowest BCUT2D eigenvalue weighted by atomic mass is 10.2. The zero-order valence-electron chi connectivity index (χ0n) is 16.0. The summed E-state index contributed by atoms with van der Waals surface area (Å²) < 4.78 is 21.6. The van der Waals surface area contributed by atoms with Crippen LogP contribution in [0, 0.1) is 11.7 Å². The Bertz CT molecular complexity index is 1380. The van der Waals surface area contributed by atoms with Gasteiger partial charge in [-0.15, -0.1) is 0 Å². The lowest BCUT2D eigenvalue weighted by Gasteiger charge is -2.19. The van der Waals surface area contributed by atoms with E-state index >= 15 is 0 Å². The van der Waals surface area contributed by atoms with Crippen molar-refractivity contribution in [3.63, 3.8) is 0 Å². The van der Waals surface area contributed by atoms with Gasteiger partial charge in [0, 0.05) is 37.3 Å². The lowest BCUT2D eigenvalue weighted by molar-refractivity contribution is 0.367. The second kappa shape index (κ2) is 6.09. The van der Waals surface area contributed by atoms with E-state index in [-0.39, 0.29) is 17.9 Å². The van der Waals surface area contributed by atoms with Gasteiger partial charge < -0.3 is 14.0 Å². The number of imidazole rings is 1. The maximum atomic E-state index is 13.1. The van der Waals surface area contributed by atoms with E-state index in [2.05, 4.69) is 25.0 Å². The van der Waals surface area contributed by atoms with Crippen LogP contribution in [0.4, 0.5) is 10.1 Å². The molecule has 1 aliphatic heterocycles. The minimum absolute atomic E-state index is 0.148. The number of nitrogens with zero attached hydrogens (tertiary/aromatic N) is 7. The normalized spacial score (nSPS) is 17.8. The zero-order chi connectivity index (χ0) is 20.4. The average molecular weight is 405 g/mol. The Kier molecular flexibility index (Phi) is 3.46. The van der Waals surface area contributed by atoms with Crippen molar-refractivity contribution in [2.45, 2.75) is 6.54 Å². The Morgan fingerprint density at radius 1 is 1.20 bits per heavy atom. The minimum atomic E-state index is -0.237. The average Bonchev–Trinajstić information content (AvgIpc) is 3.16. The third-order valence-corrected chi connectivity index (χ3v) is 5.70. The first kappa shape index (κ1) is 17.1. The molecule has 3 aromatic heterocycles. The van der Waals surface area contributed by atoms with Crippen molar-refractivity contribution < 1.29 is 8.91 Å². The highest BCUT2D eigenvalue weighted by Gasteiger charge is 2.46. The molecule has 30 heavy (non-hydrogen) atoms. The summed E-state index contributed by atoms with van der Waals surface area (Å²) in [5, 5.41) is 4.10. The highest BCUT2D eigenvalue weighted by atomic mass is 19.1. The molecule has 0 saturated carbocycles. The Balaban J connectivity index is 1.21. The van der Waals surface area contributed by atoms with Gasteiger partial charge in [0.1, 0.15) is 18.7 Å². The van der Waals surface area contributed by atoms with Gasteiger partial charge >= 0.3 is 0 Å². The summed E-state index contributed by atoms with van der Waals surface area (Å²) in [4.78, 5) is 27.6. The SMILES string of the molecule is Cn1cnc2ncn(Cc3nc(C4=C5CN(c6ccc(F)cc6)C[C@H]54)no3)c(=O)c21. The first-order chi connectivity index (χ1) is 14.6. The molecule has 4 aromatic rings. The summed E-state index contributed by atoms with van der Waals surface area (Å²) in [6.07, 6.45) is 3.00. The van der Waals surface area contributed by atoms with Crippen molar-refractivity contribution in [1.82, 2.24) is 29.2 Å². The van der Waals surface area contributed by atoms with Crippen LogP contribution >= 0.6 is 0 Å². The fourth-order valence-corrected chi connectivity index (χ4v) is 4.11. The molecule has 1 fully saturated rings. The summed E-state index contributed by atoms with van der Waals surface area (Å²) in [6, 6.07) is 6.52. The van der Waals surface area contributed by atoms with Gasteiger partial charge in [0.05, 0.1) is 6.33 Å². The summed E-state index contributed by atoms with van der Waals surface area (Å²) in [5.74, 6) is 0.991. The number of hydrogen-bond donors (Lipinski definition) is 0. The summed E-state index contributed by atoms with van der Waals surface area (Å²) in [6.45, 7) is 1.74. The van der Waals surface area contributed by atoms with Crippen molar-refractivity contribution in [3.8, 4) is 0 Å². The number of fused-ring (bicyclic) bond motifs is 2. The second-order valence-electron chi connectivity index (χ2n) is 7.57. The fourth-order valence-electron chi connectivity index (χ4n) is 4.11. The van der Waals surface area contributed by atoms with Gasteiger partial charge in [-0.25, -0.2) is 14.4 Å². The van der Waals surface area contributed by atoms with E-state index < -0.39 is 0 Å². The Hall–Kier alpha value is -3.82. The molecule has 1 saturated heterocycles. The smallest absolute Gasteiger partial charge is 0.280 e.